The molecule has 0 spiro atoms. The highest BCUT2D eigenvalue weighted by Crippen LogP contribution is 2.39. The van der Waals surface area contributed by atoms with Gasteiger partial charge in [-0.25, -0.2) is 0 Å². The lowest BCUT2D eigenvalue weighted by Gasteiger charge is -2.25. The highest BCUT2D eigenvalue weighted by molar-refractivity contribution is 6.31. The van der Waals surface area contributed by atoms with Crippen molar-refractivity contribution < 1.29 is 14.3 Å². The monoisotopic (exact) mass is 356 g/mol. The lowest BCUT2D eigenvalue weighted by molar-refractivity contribution is -0.118. The van der Waals surface area contributed by atoms with E-state index < -0.39 is 0 Å². The van der Waals surface area contributed by atoms with Crippen LogP contribution in [-0.2, 0) is 17.6 Å². The van der Waals surface area contributed by atoms with Crippen LogP contribution >= 0.6 is 11.6 Å². The maximum absolute atomic E-state index is 12.7. The van der Waals surface area contributed by atoms with Crippen molar-refractivity contribution in [1.29, 1.82) is 0 Å². The fourth-order valence-corrected chi connectivity index (χ4v) is 3.76. The van der Waals surface area contributed by atoms with Gasteiger partial charge in [0.15, 0.2) is 0 Å². The van der Waals surface area contributed by atoms with Crippen LogP contribution in [0.1, 0.15) is 27.9 Å². The number of benzene rings is 2. The first-order valence-electron chi connectivity index (χ1n) is 8.18. The molecule has 128 valence electrons. The largest absolute Gasteiger partial charge is 0.496 e. The van der Waals surface area contributed by atoms with Crippen LogP contribution < -0.4 is 15.0 Å². The van der Waals surface area contributed by atoms with Crippen molar-refractivity contribution in [2.24, 2.45) is 0 Å². The summed E-state index contributed by atoms with van der Waals surface area (Å²) in [7, 11) is 1.52. The molecule has 5 nitrogen and oxygen atoms in total. The molecule has 0 atom stereocenters. The third-order valence-corrected chi connectivity index (χ3v) is 4.95. The molecule has 4 rings (SSSR count). The summed E-state index contributed by atoms with van der Waals surface area (Å²) in [6.45, 7) is 0.723. The summed E-state index contributed by atoms with van der Waals surface area (Å²) in [6.07, 6.45) is 2.05. The predicted molar refractivity (Wildman–Crippen MR) is 96.8 cm³/mol. The van der Waals surface area contributed by atoms with Gasteiger partial charge >= 0.3 is 0 Å². The van der Waals surface area contributed by atoms with E-state index in [1.807, 2.05) is 17.0 Å². The van der Waals surface area contributed by atoms with Gasteiger partial charge < -0.3 is 15.0 Å². The van der Waals surface area contributed by atoms with Crippen molar-refractivity contribution in [3.8, 4) is 5.75 Å². The number of hydrogen-bond donors (Lipinski definition) is 1. The standard InChI is InChI=1S/C19H17ClN2O3/c1-25-16-4-3-13(20)10-15(16)19(24)21-14-8-11-2-5-17(23)22-7-6-12(9-14)18(11)22/h3-4,8-10H,2,5-7H2,1H3,(H,21,24). The van der Waals surface area contributed by atoms with Gasteiger partial charge in [-0.15, -0.1) is 0 Å². The molecule has 0 unspecified atom stereocenters. The zero-order chi connectivity index (χ0) is 17.6. The predicted octanol–water partition coefficient (Wildman–Crippen LogP) is 3.44. The molecule has 0 bridgehead atoms. The lowest BCUT2D eigenvalue weighted by Crippen LogP contribution is -2.32. The van der Waals surface area contributed by atoms with E-state index >= 15 is 0 Å². The Hall–Kier alpha value is -2.53. The Morgan fingerprint density at radius 3 is 2.68 bits per heavy atom. The van der Waals surface area contributed by atoms with Gasteiger partial charge in [0.05, 0.1) is 18.4 Å². The van der Waals surface area contributed by atoms with Gasteiger partial charge in [0.2, 0.25) is 5.91 Å². The molecule has 2 aliphatic heterocycles. The molecule has 0 radical (unpaired) electrons. The van der Waals surface area contributed by atoms with E-state index in [4.69, 9.17) is 16.3 Å². The number of nitrogens with zero attached hydrogens (tertiary/aromatic N) is 1. The molecule has 0 fully saturated rings. The second kappa shape index (κ2) is 6.08. The summed E-state index contributed by atoms with van der Waals surface area (Å²) in [6, 6.07) is 8.86. The van der Waals surface area contributed by atoms with Crippen LogP contribution in [0.5, 0.6) is 5.75 Å². The van der Waals surface area contributed by atoms with Crippen LogP contribution in [0.25, 0.3) is 0 Å². The maximum Gasteiger partial charge on any atom is 0.259 e. The smallest absolute Gasteiger partial charge is 0.259 e. The van der Waals surface area contributed by atoms with Crippen molar-refractivity contribution in [3.63, 3.8) is 0 Å². The van der Waals surface area contributed by atoms with Crippen LogP contribution in [-0.4, -0.2) is 25.5 Å². The number of methoxy groups -OCH3 is 1. The van der Waals surface area contributed by atoms with E-state index in [0.717, 1.165) is 35.5 Å². The average molecular weight is 357 g/mol. The Labute approximate surface area is 150 Å². The first-order chi connectivity index (χ1) is 12.1. The normalized spacial score (nSPS) is 15.1. The summed E-state index contributed by atoms with van der Waals surface area (Å²) in [4.78, 5) is 26.5. The molecule has 0 saturated heterocycles. The molecule has 25 heavy (non-hydrogen) atoms. The first kappa shape index (κ1) is 16.0. The number of carbonyl (C=O) groups excluding carboxylic acids is 2. The lowest BCUT2D eigenvalue weighted by atomic mass is 9.98. The average Bonchev–Trinajstić information content (AvgIpc) is 3.03. The van der Waals surface area contributed by atoms with Gasteiger partial charge in [-0.3, -0.25) is 9.59 Å². The van der Waals surface area contributed by atoms with E-state index in [2.05, 4.69) is 5.32 Å². The Kier molecular flexibility index (Phi) is 3.88. The Morgan fingerprint density at radius 1 is 1.16 bits per heavy atom. The molecule has 6 heteroatoms. The topological polar surface area (TPSA) is 58.6 Å². The third kappa shape index (κ3) is 2.74. The number of anilines is 2. The minimum absolute atomic E-state index is 0.187. The van der Waals surface area contributed by atoms with Crippen LogP contribution in [0.3, 0.4) is 0 Å². The number of halogens is 1. The molecule has 2 aromatic rings. The number of ether oxygens (including phenoxy) is 1. The SMILES string of the molecule is COc1ccc(Cl)cc1C(=O)Nc1cc2c3c(c1)CCN3C(=O)CC2. The molecule has 2 amide bonds. The molecule has 2 heterocycles. The second-order valence-electron chi connectivity index (χ2n) is 6.24. The number of carbonyl (C=O) groups is 2. The van der Waals surface area contributed by atoms with Gasteiger partial charge in [0.25, 0.3) is 5.91 Å². The molecule has 0 saturated carbocycles. The van der Waals surface area contributed by atoms with E-state index in [1.165, 1.54) is 7.11 Å². The minimum atomic E-state index is -0.270. The molecular formula is C19H17ClN2O3. The Morgan fingerprint density at radius 2 is 1.92 bits per heavy atom. The zero-order valence-electron chi connectivity index (χ0n) is 13.8. The van der Waals surface area contributed by atoms with Crippen molar-refractivity contribution in [1.82, 2.24) is 0 Å². The summed E-state index contributed by atoms with van der Waals surface area (Å²) < 4.78 is 5.25. The summed E-state index contributed by atoms with van der Waals surface area (Å²) in [5, 5.41) is 3.41. The highest BCUT2D eigenvalue weighted by atomic mass is 35.5. The minimum Gasteiger partial charge on any atom is -0.496 e. The summed E-state index contributed by atoms with van der Waals surface area (Å²) in [5.74, 6) is 0.390. The molecule has 2 aromatic carbocycles. The van der Waals surface area contributed by atoms with Crippen molar-refractivity contribution in [2.75, 3.05) is 23.9 Å². The van der Waals surface area contributed by atoms with Crippen LogP contribution in [0.15, 0.2) is 30.3 Å². The van der Waals surface area contributed by atoms with E-state index in [9.17, 15) is 9.59 Å². The number of rotatable bonds is 3. The zero-order valence-corrected chi connectivity index (χ0v) is 14.5. The number of aryl methyl sites for hydroxylation is 1. The van der Waals surface area contributed by atoms with Crippen molar-refractivity contribution >= 4 is 34.8 Å². The second-order valence-corrected chi connectivity index (χ2v) is 6.67. The van der Waals surface area contributed by atoms with Gasteiger partial charge in [0, 0.05) is 23.7 Å². The summed E-state index contributed by atoms with van der Waals surface area (Å²) >= 11 is 6.01. The summed E-state index contributed by atoms with van der Waals surface area (Å²) in [5.41, 5.74) is 4.38. The molecule has 0 aliphatic carbocycles. The van der Waals surface area contributed by atoms with Crippen LogP contribution in [0, 0.1) is 0 Å². The van der Waals surface area contributed by atoms with Gasteiger partial charge in [0.1, 0.15) is 5.75 Å². The fraction of sp³-hybridized carbons (Fsp3) is 0.263. The Balaban J connectivity index is 1.66. The van der Waals surface area contributed by atoms with Crippen molar-refractivity contribution in [3.05, 3.63) is 52.0 Å². The number of nitrogens with one attached hydrogen (secondary N) is 1. The molecule has 1 N–H and O–H groups in total. The van der Waals surface area contributed by atoms with E-state index in [-0.39, 0.29) is 11.8 Å². The molecule has 2 aliphatic rings. The first-order valence-corrected chi connectivity index (χ1v) is 8.55. The van der Waals surface area contributed by atoms with E-state index in [1.54, 1.807) is 18.2 Å². The van der Waals surface area contributed by atoms with Crippen LogP contribution in [0.4, 0.5) is 11.4 Å². The van der Waals surface area contributed by atoms with E-state index in [0.29, 0.717) is 29.2 Å². The number of hydrogen-bond acceptors (Lipinski definition) is 3. The van der Waals surface area contributed by atoms with Gasteiger partial charge in [-0.1, -0.05) is 11.6 Å². The quantitative estimate of drug-likeness (QED) is 0.916. The Bertz CT molecular complexity index is 894. The van der Waals surface area contributed by atoms with Gasteiger partial charge in [-0.2, -0.15) is 0 Å². The van der Waals surface area contributed by atoms with Crippen molar-refractivity contribution in [2.45, 2.75) is 19.3 Å². The van der Waals surface area contributed by atoms with Crippen LogP contribution in [0.2, 0.25) is 5.02 Å². The highest BCUT2D eigenvalue weighted by Gasteiger charge is 2.31. The number of amides is 2. The molecule has 0 aromatic heterocycles. The fourth-order valence-electron chi connectivity index (χ4n) is 3.59. The molecular weight excluding hydrogens is 340 g/mol. The maximum atomic E-state index is 12.7. The third-order valence-electron chi connectivity index (χ3n) is 4.72. The van der Waals surface area contributed by atoms with Gasteiger partial charge in [-0.05, 0) is 54.3 Å².